The van der Waals surface area contributed by atoms with Crippen molar-refractivity contribution in [2.24, 2.45) is 5.73 Å². The lowest BCUT2D eigenvalue weighted by Gasteiger charge is -2.22. The summed E-state index contributed by atoms with van der Waals surface area (Å²) >= 11 is 0. The van der Waals surface area contributed by atoms with Crippen LogP contribution in [0.3, 0.4) is 0 Å². The summed E-state index contributed by atoms with van der Waals surface area (Å²) in [6.07, 6.45) is 1.67. The Kier molecular flexibility index (Phi) is 3.12. The maximum Gasteiger partial charge on any atom is 0.243 e. The highest BCUT2D eigenvalue weighted by Crippen LogP contribution is 2.35. The smallest absolute Gasteiger partial charge is 0.243 e. The van der Waals surface area contributed by atoms with E-state index in [1.165, 1.54) is 10.4 Å². The first-order valence-electron chi connectivity index (χ1n) is 6.24. The minimum atomic E-state index is -3.50. The first kappa shape index (κ1) is 12.7. The molecule has 0 radical (unpaired) electrons. The normalized spacial score (nSPS) is 22.9. The summed E-state index contributed by atoms with van der Waals surface area (Å²) in [5, 5.41) is 0. The van der Waals surface area contributed by atoms with E-state index in [1.54, 1.807) is 12.1 Å². The van der Waals surface area contributed by atoms with Crippen LogP contribution in [-0.4, -0.2) is 38.6 Å². The second-order valence-corrected chi connectivity index (χ2v) is 6.55. The van der Waals surface area contributed by atoms with Crippen LogP contribution in [0.5, 0.6) is 11.5 Å². The number of nitrogens with two attached hydrogens (primary N) is 1. The van der Waals surface area contributed by atoms with Crippen LogP contribution < -0.4 is 15.2 Å². The molecule has 3 rings (SSSR count). The van der Waals surface area contributed by atoms with Gasteiger partial charge >= 0.3 is 0 Å². The molecule has 0 bridgehead atoms. The Labute approximate surface area is 112 Å². The lowest BCUT2D eigenvalue weighted by Crippen LogP contribution is -2.39. The molecule has 1 aromatic rings. The van der Waals surface area contributed by atoms with Gasteiger partial charge in [-0.3, -0.25) is 0 Å². The summed E-state index contributed by atoms with van der Waals surface area (Å²) in [5.74, 6) is 1.06. The Morgan fingerprint density at radius 2 is 2.11 bits per heavy atom. The van der Waals surface area contributed by atoms with Crippen LogP contribution in [0.1, 0.15) is 12.8 Å². The van der Waals surface area contributed by atoms with E-state index >= 15 is 0 Å². The molecule has 2 aliphatic rings. The second kappa shape index (κ2) is 4.66. The van der Waals surface area contributed by atoms with Gasteiger partial charge in [0.05, 0.1) is 4.90 Å². The fraction of sp³-hybridized carbons (Fsp3) is 0.500. The topological polar surface area (TPSA) is 81.9 Å². The van der Waals surface area contributed by atoms with Crippen LogP contribution in [0, 0.1) is 0 Å². The molecule has 2 aliphatic heterocycles. The van der Waals surface area contributed by atoms with Crippen LogP contribution in [0.15, 0.2) is 23.1 Å². The third-order valence-corrected chi connectivity index (χ3v) is 5.49. The maximum atomic E-state index is 12.6. The third-order valence-electron chi connectivity index (χ3n) is 3.55. The van der Waals surface area contributed by atoms with Gasteiger partial charge in [-0.1, -0.05) is 0 Å². The molecule has 104 valence electrons. The van der Waals surface area contributed by atoms with E-state index < -0.39 is 10.0 Å². The number of fused-ring (bicyclic) bond motifs is 1. The fourth-order valence-electron chi connectivity index (χ4n) is 2.53. The van der Waals surface area contributed by atoms with Gasteiger partial charge in [0.1, 0.15) is 0 Å². The lowest BCUT2D eigenvalue weighted by molar-refractivity contribution is 0.174. The van der Waals surface area contributed by atoms with Crippen molar-refractivity contribution in [1.29, 1.82) is 0 Å². The molecule has 1 aromatic carbocycles. The molecule has 0 saturated carbocycles. The van der Waals surface area contributed by atoms with E-state index in [4.69, 9.17) is 15.2 Å². The van der Waals surface area contributed by atoms with Gasteiger partial charge < -0.3 is 15.2 Å². The zero-order valence-corrected chi connectivity index (χ0v) is 11.2. The largest absolute Gasteiger partial charge is 0.454 e. The lowest BCUT2D eigenvalue weighted by atomic mass is 10.2. The van der Waals surface area contributed by atoms with E-state index in [2.05, 4.69) is 0 Å². The Hall–Kier alpha value is -1.31. The average Bonchev–Trinajstić information content (AvgIpc) is 3.06. The molecule has 0 spiro atoms. The van der Waals surface area contributed by atoms with Crippen molar-refractivity contribution in [2.75, 3.05) is 19.9 Å². The molecule has 2 N–H and O–H groups in total. The summed E-state index contributed by atoms with van der Waals surface area (Å²) in [6.45, 7) is 1.01. The number of sulfonamides is 1. The zero-order chi connectivity index (χ0) is 13.5. The summed E-state index contributed by atoms with van der Waals surface area (Å²) in [6, 6.07) is 4.59. The van der Waals surface area contributed by atoms with Crippen LogP contribution in [0.2, 0.25) is 0 Å². The van der Waals surface area contributed by atoms with Gasteiger partial charge in [0.15, 0.2) is 11.5 Å². The van der Waals surface area contributed by atoms with E-state index in [1.807, 2.05) is 0 Å². The maximum absolute atomic E-state index is 12.6. The van der Waals surface area contributed by atoms with Crippen molar-refractivity contribution < 1.29 is 17.9 Å². The van der Waals surface area contributed by atoms with Crippen LogP contribution in [-0.2, 0) is 10.0 Å². The zero-order valence-electron chi connectivity index (χ0n) is 10.4. The van der Waals surface area contributed by atoms with E-state index in [0.717, 1.165) is 12.8 Å². The predicted molar refractivity (Wildman–Crippen MR) is 68.5 cm³/mol. The molecule has 0 aliphatic carbocycles. The van der Waals surface area contributed by atoms with Crippen LogP contribution >= 0.6 is 0 Å². The van der Waals surface area contributed by atoms with Gasteiger partial charge in [-0.25, -0.2) is 8.42 Å². The summed E-state index contributed by atoms with van der Waals surface area (Å²) in [5.41, 5.74) is 5.64. The molecular weight excluding hydrogens is 268 g/mol. The van der Waals surface area contributed by atoms with Gasteiger partial charge in [0, 0.05) is 25.2 Å². The van der Waals surface area contributed by atoms with Gasteiger partial charge in [-0.05, 0) is 25.0 Å². The SMILES string of the molecule is NC[C@H]1CCCN1S(=O)(=O)c1ccc2c(c1)OCO2. The van der Waals surface area contributed by atoms with Crippen molar-refractivity contribution in [3.05, 3.63) is 18.2 Å². The quantitative estimate of drug-likeness (QED) is 0.875. The first-order chi connectivity index (χ1) is 9.13. The first-order valence-corrected chi connectivity index (χ1v) is 7.68. The highest BCUT2D eigenvalue weighted by atomic mass is 32.2. The van der Waals surface area contributed by atoms with Crippen LogP contribution in [0.25, 0.3) is 0 Å². The van der Waals surface area contributed by atoms with Crippen molar-refractivity contribution in [3.63, 3.8) is 0 Å². The van der Waals surface area contributed by atoms with Gasteiger partial charge in [-0.2, -0.15) is 4.31 Å². The summed E-state index contributed by atoms with van der Waals surface area (Å²) in [7, 11) is -3.50. The molecule has 0 amide bonds. The Bertz CT molecular complexity index is 587. The minimum Gasteiger partial charge on any atom is -0.454 e. The number of hydrogen-bond donors (Lipinski definition) is 1. The van der Waals surface area contributed by atoms with Crippen molar-refractivity contribution in [1.82, 2.24) is 4.31 Å². The van der Waals surface area contributed by atoms with E-state index in [9.17, 15) is 8.42 Å². The fourth-order valence-corrected chi connectivity index (χ4v) is 4.25. The average molecular weight is 284 g/mol. The number of ether oxygens (including phenoxy) is 2. The standard InChI is InChI=1S/C12H16N2O4S/c13-7-9-2-1-5-14(9)19(15,16)10-3-4-11-12(6-10)18-8-17-11/h3-4,6,9H,1-2,5,7-8,13H2/t9-/m1/s1. The van der Waals surface area contributed by atoms with Crippen molar-refractivity contribution in [3.8, 4) is 11.5 Å². The van der Waals surface area contributed by atoms with Gasteiger partial charge in [0.2, 0.25) is 16.8 Å². The molecule has 19 heavy (non-hydrogen) atoms. The molecule has 6 nitrogen and oxygen atoms in total. The molecule has 0 aromatic heterocycles. The molecular formula is C12H16N2O4S. The Morgan fingerprint density at radius 1 is 1.32 bits per heavy atom. The molecule has 1 atom stereocenters. The van der Waals surface area contributed by atoms with Crippen molar-refractivity contribution in [2.45, 2.75) is 23.8 Å². The van der Waals surface area contributed by atoms with E-state index in [0.29, 0.717) is 24.6 Å². The molecule has 7 heteroatoms. The minimum absolute atomic E-state index is 0.101. The Balaban J connectivity index is 1.96. The highest BCUT2D eigenvalue weighted by Gasteiger charge is 2.35. The molecule has 2 heterocycles. The number of nitrogens with zero attached hydrogens (tertiary/aromatic N) is 1. The summed E-state index contributed by atoms with van der Waals surface area (Å²) < 4.78 is 37.0. The number of hydrogen-bond acceptors (Lipinski definition) is 5. The number of rotatable bonds is 3. The van der Waals surface area contributed by atoms with E-state index in [-0.39, 0.29) is 17.7 Å². The predicted octanol–water partition coefficient (Wildman–Crippen LogP) is 0.527. The van der Waals surface area contributed by atoms with Gasteiger partial charge in [-0.15, -0.1) is 0 Å². The van der Waals surface area contributed by atoms with Gasteiger partial charge in [0.25, 0.3) is 0 Å². The third kappa shape index (κ3) is 2.07. The molecule has 0 unspecified atom stereocenters. The van der Waals surface area contributed by atoms with Crippen LogP contribution in [0.4, 0.5) is 0 Å². The Morgan fingerprint density at radius 3 is 2.89 bits per heavy atom. The second-order valence-electron chi connectivity index (χ2n) is 4.66. The van der Waals surface area contributed by atoms with Crippen molar-refractivity contribution >= 4 is 10.0 Å². The highest BCUT2D eigenvalue weighted by molar-refractivity contribution is 7.89. The molecule has 1 saturated heterocycles. The summed E-state index contributed by atoms with van der Waals surface area (Å²) in [4.78, 5) is 0.233. The molecule has 1 fully saturated rings. The number of benzene rings is 1. The monoisotopic (exact) mass is 284 g/mol.